The van der Waals surface area contributed by atoms with Crippen LogP contribution < -0.4 is 0 Å². The summed E-state index contributed by atoms with van der Waals surface area (Å²) in [5.74, 6) is 0. The Hall–Kier alpha value is -1.82. The summed E-state index contributed by atoms with van der Waals surface area (Å²) >= 11 is 0. The Morgan fingerprint density at radius 1 is 1.46 bits per heavy atom. The third kappa shape index (κ3) is 1.07. The smallest absolute Gasteiger partial charge is 0.147 e. The maximum absolute atomic E-state index is 8.86. The minimum Gasteiger partial charge on any atom is -0.291 e. The highest BCUT2D eigenvalue weighted by Crippen LogP contribution is 2.11. The number of hydrogen-bond acceptors (Lipinski definition) is 2. The molecule has 3 heteroatoms. The summed E-state index contributed by atoms with van der Waals surface area (Å²) < 4.78 is 1.81. The summed E-state index contributed by atoms with van der Waals surface area (Å²) in [7, 11) is 0. The fourth-order valence-electron chi connectivity index (χ4n) is 1.40. The van der Waals surface area contributed by atoms with Crippen molar-refractivity contribution in [3.05, 3.63) is 35.3 Å². The summed E-state index contributed by atoms with van der Waals surface area (Å²) in [5.41, 5.74) is 3.40. The second-order valence-corrected chi connectivity index (χ2v) is 3.09. The predicted molar refractivity (Wildman–Crippen MR) is 49.4 cm³/mol. The van der Waals surface area contributed by atoms with Crippen LogP contribution in [0.15, 0.2) is 18.3 Å². The first-order chi connectivity index (χ1) is 6.22. The summed E-state index contributed by atoms with van der Waals surface area (Å²) in [6, 6.07) is 6.07. The van der Waals surface area contributed by atoms with E-state index >= 15 is 0 Å². The predicted octanol–water partition coefficient (Wildman–Crippen LogP) is 1.82. The first-order valence-electron chi connectivity index (χ1n) is 4.08. The molecule has 64 valence electrons. The third-order valence-corrected chi connectivity index (χ3v) is 2.06. The maximum atomic E-state index is 8.86. The van der Waals surface area contributed by atoms with Crippen LogP contribution in [0.25, 0.3) is 5.65 Å². The first-order valence-corrected chi connectivity index (χ1v) is 4.08. The van der Waals surface area contributed by atoms with Gasteiger partial charge in [-0.05, 0) is 31.5 Å². The topological polar surface area (TPSA) is 41.1 Å². The Bertz CT molecular complexity index is 503. The average Bonchev–Trinajstić information content (AvgIpc) is 2.39. The molecule has 3 nitrogen and oxygen atoms in total. The quantitative estimate of drug-likeness (QED) is 0.606. The summed E-state index contributed by atoms with van der Waals surface area (Å²) in [6.45, 7) is 3.86. The van der Waals surface area contributed by atoms with Gasteiger partial charge in [-0.15, -0.1) is 0 Å². The van der Waals surface area contributed by atoms with Crippen molar-refractivity contribution in [1.29, 1.82) is 5.26 Å². The molecule has 0 aromatic carbocycles. The van der Waals surface area contributed by atoms with E-state index in [1.165, 1.54) is 0 Å². The molecule has 2 heterocycles. The van der Waals surface area contributed by atoms with Crippen molar-refractivity contribution in [3.8, 4) is 6.07 Å². The van der Waals surface area contributed by atoms with E-state index in [0.29, 0.717) is 5.69 Å². The van der Waals surface area contributed by atoms with Gasteiger partial charge < -0.3 is 0 Å². The van der Waals surface area contributed by atoms with E-state index in [4.69, 9.17) is 5.26 Å². The molecular formula is C10H9N3. The van der Waals surface area contributed by atoms with Crippen LogP contribution in [0.4, 0.5) is 0 Å². The molecule has 0 saturated carbocycles. The van der Waals surface area contributed by atoms with Gasteiger partial charge in [0, 0.05) is 6.20 Å². The Morgan fingerprint density at radius 2 is 2.23 bits per heavy atom. The number of hydrogen-bond donors (Lipinski definition) is 0. The molecule has 2 aromatic heterocycles. The van der Waals surface area contributed by atoms with Crippen molar-refractivity contribution in [2.24, 2.45) is 0 Å². The normalized spacial score (nSPS) is 10.2. The number of fused-ring (bicyclic) bond motifs is 1. The van der Waals surface area contributed by atoms with Gasteiger partial charge in [0.25, 0.3) is 0 Å². The molecule has 2 aromatic rings. The van der Waals surface area contributed by atoms with Gasteiger partial charge in [0.05, 0.1) is 5.69 Å². The standard InChI is InChI=1S/C10H9N3/c1-7-3-4-13-9(6-11)8(2)12-10(13)5-7/h3-5H,1-2H3. The van der Waals surface area contributed by atoms with Crippen LogP contribution in [-0.2, 0) is 0 Å². The van der Waals surface area contributed by atoms with Gasteiger partial charge in [0.2, 0.25) is 0 Å². The number of aromatic nitrogens is 2. The molecule has 2 rings (SSSR count). The fourth-order valence-corrected chi connectivity index (χ4v) is 1.40. The summed E-state index contributed by atoms with van der Waals surface area (Å²) in [5, 5.41) is 8.86. The largest absolute Gasteiger partial charge is 0.291 e. The van der Waals surface area contributed by atoms with Gasteiger partial charge >= 0.3 is 0 Å². The van der Waals surface area contributed by atoms with E-state index in [1.54, 1.807) is 0 Å². The van der Waals surface area contributed by atoms with Crippen LogP contribution in [0, 0.1) is 25.2 Å². The van der Waals surface area contributed by atoms with Gasteiger partial charge in [0.1, 0.15) is 17.4 Å². The number of pyridine rings is 1. The molecule has 0 amide bonds. The van der Waals surface area contributed by atoms with Crippen LogP contribution >= 0.6 is 0 Å². The van der Waals surface area contributed by atoms with Crippen molar-refractivity contribution in [2.45, 2.75) is 13.8 Å². The second kappa shape index (κ2) is 2.60. The highest BCUT2D eigenvalue weighted by molar-refractivity contribution is 5.48. The lowest BCUT2D eigenvalue weighted by Gasteiger charge is -1.94. The second-order valence-electron chi connectivity index (χ2n) is 3.09. The highest BCUT2D eigenvalue weighted by atomic mass is 15.0. The molecular weight excluding hydrogens is 162 g/mol. The van der Waals surface area contributed by atoms with Gasteiger partial charge in [-0.3, -0.25) is 4.40 Å². The van der Waals surface area contributed by atoms with Crippen molar-refractivity contribution < 1.29 is 0 Å². The van der Waals surface area contributed by atoms with Crippen molar-refractivity contribution in [3.63, 3.8) is 0 Å². The van der Waals surface area contributed by atoms with E-state index < -0.39 is 0 Å². The molecule has 0 aliphatic heterocycles. The third-order valence-electron chi connectivity index (χ3n) is 2.06. The molecule has 0 fully saturated rings. The van der Waals surface area contributed by atoms with Crippen LogP contribution in [0.2, 0.25) is 0 Å². The van der Waals surface area contributed by atoms with E-state index in [1.807, 2.05) is 36.6 Å². The molecule has 0 radical (unpaired) electrons. The van der Waals surface area contributed by atoms with Gasteiger partial charge in [-0.2, -0.15) is 5.26 Å². The van der Waals surface area contributed by atoms with Crippen LogP contribution in [0.1, 0.15) is 17.0 Å². The Balaban J connectivity index is 2.88. The monoisotopic (exact) mass is 171 g/mol. The molecule has 0 saturated heterocycles. The fraction of sp³-hybridized carbons (Fsp3) is 0.200. The zero-order valence-electron chi connectivity index (χ0n) is 7.57. The molecule has 0 unspecified atom stereocenters. The SMILES string of the molecule is Cc1ccn2c(C#N)c(C)nc2c1. The lowest BCUT2D eigenvalue weighted by atomic mass is 10.3. The van der Waals surface area contributed by atoms with Crippen LogP contribution in [-0.4, -0.2) is 9.38 Å². The number of nitriles is 1. The number of aryl methyl sites for hydroxylation is 2. The molecule has 0 atom stereocenters. The lowest BCUT2D eigenvalue weighted by molar-refractivity contribution is 1.13. The van der Waals surface area contributed by atoms with Crippen molar-refractivity contribution in [2.75, 3.05) is 0 Å². The van der Waals surface area contributed by atoms with Gasteiger partial charge in [0.15, 0.2) is 0 Å². The van der Waals surface area contributed by atoms with E-state index in [9.17, 15) is 0 Å². The van der Waals surface area contributed by atoms with Gasteiger partial charge in [-0.1, -0.05) is 0 Å². The number of rotatable bonds is 0. The molecule has 0 aliphatic carbocycles. The highest BCUT2D eigenvalue weighted by Gasteiger charge is 2.06. The zero-order valence-corrected chi connectivity index (χ0v) is 7.57. The van der Waals surface area contributed by atoms with Crippen LogP contribution in [0.5, 0.6) is 0 Å². The number of imidazole rings is 1. The Labute approximate surface area is 76.3 Å². The summed E-state index contributed by atoms with van der Waals surface area (Å²) in [6.07, 6.45) is 1.88. The molecule has 13 heavy (non-hydrogen) atoms. The zero-order chi connectivity index (χ0) is 9.42. The van der Waals surface area contributed by atoms with E-state index in [-0.39, 0.29) is 0 Å². The van der Waals surface area contributed by atoms with Crippen LogP contribution in [0.3, 0.4) is 0 Å². The van der Waals surface area contributed by atoms with E-state index in [0.717, 1.165) is 16.9 Å². The first kappa shape index (κ1) is 7.81. The molecule has 0 aliphatic rings. The summed E-state index contributed by atoms with van der Waals surface area (Å²) in [4.78, 5) is 4.29. The van der Waals surface area contributed by atoms with Crippen molar-refractivity contribution in [1.82, 2.24) is 9.38 Å². The Kier molecular flexibility index (Phi) is 1.56. The van der Waals surface area contributed by atoms with E-state index in [2.05, 4.69) is 11.1 Å². The molecule has 0 bridgehead atoms. The average molecular weight is 171 g/mol. The molecule has 0 N–H and O–H groups in total. The maximum Gasteiger partial charge on any atom is 0.147 e. The minimum absolute atomic E-state index is 0.620. The Morgan fingerprint density at radius 3 is 2.92 bits per heavy atom. The number of nitrogens with zero attached hydrogens (tertiary/aromatic N) is 3. The molecule has 0 spiro atoms. The van der Waals surface area contributed by atoms with Crippen molar-refractivity contribution >= 4 is 5.65 Å². The lowest BCUT2D eigenvalue weighted by Crippen LogP contribution is -1.88. The minimum atomic E-state index is 0.620. The van der Waals surface area contributed by atoms with Gasteiger partial charge in [-0.25, -0.2) is 4.98 Å².